The first-order valence-corrected chi connectivity index (χ1v) is 5.15. The van der Waals surface area contributed by atoms with E-state index < -0.39 is 11.8 Å². The Hall–Kier alpha value is -2.24. The molecule has 1 rings (SSSR count). The molecule has 0 aliphatic heterocycles. The number of nitrogen functional groups attached to an aromatic ring is 1. The number of hydrogen-bond donors (Lipinski definition) is 4. The molecule has 92 valence electrons. The van der Waals surface area contributed by atoms with Gasteiger partial charge in [0.05, 0.1) is 16.9 Å². The zero-order chi connectivity index (χ0) is 13.0. The number of hydrogen-bond acceptors (Lipinski definition) is 4. The van der Waals surface area contributed by atoms with Gasteiger partial charge >= 0.3 is 0 Å². The van der Waals surface area contributed by atoms with Crippen molar-refractivity contribution >= 4 is 23.2 Å². The Bertz CT molecular complexity index is 445. The Morgan fingerprint density at radius 3 is 2.53 bits per heavy atom. The molecule has 1 atom stereocenters. The maximum atomic E-state index is 11.1. The normalized spacial score (nSPS) is 11.8. The predicted octanol–water partition coefficient (Wildman–Crippen LogP) is 0.0435. The van der Waals surface area contributed by atoms with E-state index >= 15 is 0 Å². The first-order valence-electron chi connectivity index (χ1n) is 5.15. The van der Waals surface area contributed by atoms with Crippen molar-refractivity contribution in [2.24, 2.45) is 11.5 Å². The lowest BCUT2D eigenvalue weighted by Crippen LogP contribution is -2.25. The zero-order valence-electron chi connectivity index (χ0n) is 9.57. The molecule has 6 nitrogen and oxygen atoms in total. The summed E-state index contributed by atoms with van der Waals surface area (Å²) in [5.41, 5.74) is 17.1. The van der Waals surface area contributed by atoms with E-state index in [0.29, 0.717) is 5.69 Å². The maximum absolute atomic E-state index is 11.1. The van der Waals surface area contributed by atoms with Crippen LogP contribution in [0.25, 0.3) is 0 Å². The van der Waals surface area contributed by atoms with Crippen molar-refractivity contribution in [2.45, 2.75) is 19.4 Å². The van der Waals surface area contributed by atoms with Crippen molar-refractivity contribution in [1.82, 2.24) is 0 Å². The largest absolute Gasteiger partial charge is 0.396 e. The van der Waals surface area contributed by atoms with Gasteiger partial charge in [0.2, 0.25) is 5.91 Å². The van der Waals surface area contributed by atoms with Crippen LogP contribution in [-0.2, 0) is 4.79 Å². The quantitative estimate of drug-likeness (QED) is 0.539. The summed E-state index contributed by atoms with van der Waals surface area (Å²) < 4.78 is 0. The van der Waals surface area contributed by atoms with Crippen LogP contribution in [0, 0.1) is 0 Å². The lowest BCUT2D eigenvalue weighted by Gasteiger charge is -2.16. The average Bonchev–Trinajstić information content (AvgIpc) is 2.19. The van der Waals surface area contributed by atoms with Crippen LogP contribution in [0.2, 0.25) is 0 Å². The van der Waals surface area contributed by atoms with Crippen LogP contribution in [0.5, 0.6) is 0 Å². The van der Waals surface area contributed by atoms with Crippen molar-refractivity contribution in [1.29, 1.82) is 0 Å². The van der Waals surface area contributed by atoms with Gasteiger partial charge in [-0.3, -0.25) is 9.59 Å². The van der Waals surface area contributed by atoms with E-state index in [2.05, 4.69) is 5.32 Å². The molecule has 0 bridgehead atoms. The van der Waals surface area contributed by atoms with Gasteiger partial charge in [0.1, 0.15) is 0 Å². The first-order chi connectivity index (χ1) is 7.91. The van der Waals surface area contributed by atoms with Gasteiger partial charge in [-0.05, 0) is 19.1 Å². The molecule has 0 radical (unpaired) electrons. The Labute approximate surface area is 99.1 Å². The molecule has 1 unspecified atom stereocenters. The van der Waals surface area contributed by atoms with Crippen LogP contribution >= 0.6 is 0 Å². The summed E-state index contributed by atoms with van der Waals surface area (Å²) in [5, 5.41) is 3.00. The fraction of sp³-hybridized carbons (Fsp3) is 0.273. The van der Waals surface area contributed by atoms with E-state index in [1.165, 1.54) is 0 Å². The van der Waals surface area contributed by atoms with E-state index in [4.69, 9.17) is 17.2 Å². The highest BCUT2D eigenvalue weighted by atomic mass is 16.1. The summed E-state index contributed by atoms with van der Waals surface area (Å²) >= 11 is 0. The minimum atomic E-state index is -0.589. The highest BCUT2D eigenvalue weighted by Gasteiger charge is 2.12. The van der Waals surface area contributed by atoms with Crippen molar-refractivity contribution in [3.05, 3.63) is 23.8 Å². The number of rotatable bonds is 5. The number of nitrogens with one attached hydrogen (secondary N) is 1. The summed E-state index contributed by atoms with van der Waals surface area (Å²) in [6.07, 6.45) is 0.181. The molecule has 1 aromatic carbocycles. The molecule has 0 saturated heterocycles. The van der Waals surface area contributed by atoms with Gasteiger partial charge in [-0.1, -0.05) is 6.07 Å². The van der Waals surface area contributed by atoms with Crippen molar-refractivity contribution in [2.75, 3.05) is 11.1 Å². The van der Waals surface area contributed by atoms with Crippen LogP contribution in [0.4, 0.5) is 11.4 Å². The van der Waals surface area contributed by atoms with Crippen LogP contribution in [0.3, 0.4) is 0 Å². The number of primary amides is 2. The van der Waals surface area contributed by atoms with Gasteiger partial charge in [0, 0.05) is 12.5 Å². The van der Waals surface area contributed by atoms with Crippen LogP contribution in [-0.4, -0.2) is 17.9 Å². The molecule has 6 heteroatoms. The van der Waals surface area contributed by atoms with Crippen molar-refractivity contribution < 1.29 is 9.59 Å². The van der Waals surface area contributed by atoms with Gasteiger partial charge in [0.15, 0.2) is 0 Å². The van der Waals surface area contributed by atoms with E-state index in [-0.39, 0.29) is 23.7 Å². The summed E-state index contributed by atoms with van der Waals surface area (Å²) in [4.78, 5) is 21.8. The van der Waals surface area contributed by atoms with E-state index in [1.54, 1.807) is 25.1 Å². The fourth-order valence-electron chi connectivity index (χ4n) is 1.52. The number of anilines is 2. The average molecular weight is 236 g/mol. The van der Waals surface area contributed by atoms with Crippen LogP contribution < -0.4 is 22.5 Å². The first kappa shape index (κ1) is 12.8. The van der Waals surface area contributed by atoms with Crippen LogP contribution in [0.15, 0.2) is 18.2 Å². The molecule has 2 amide bonds. The topological polar surface area (TPSA) is 124 Å². The second-order valence-corrected chi connectivity index (χ2v) is 3.85. The molecule has 0 saturated carbocycles. The van der Waals surface area contributed by atoms with Gasteiger partial charge < -0.3 is 22.5 Å². The monoisotopic (exact) mass is 236 g/mol. The Kier molecular flexibility index (Phi) is 3.92. The highest BCUT2D eigenvalue weighted by molar-refractivity contribution is 6.00. The number of nitrogens with two attached hydrogens (primary N) is 3. The van der Waals surface area contributed by atoms with Gasteiger partial charge in [-0.2, -0.15) is 0 Å². The second kappa shape index (κ2) is 5.20. The molecule has 0 aliphatic carbocycles. The Balaban J connectivity index is 2.88. The van der Waals surface area contributed by atoms with Crippen LogP contribution in [0.1, 0.15) is 23.7 Å². The molecule has 0 aliphatic rings. The molecule has 0 aromatic heterocycles. The lowest BCUT2D eigenvalue weighted by molar-refractivity contribution is -0.118. The number of carbonyl (C=O) groups excluding carboxylic acids is 2. The van der Waals surface area contributed by atoms with E-state index in [1.807, 2.05) is 0 Å². The zero-order valence-corrected chi connectivity index (χ0v) is 9.57. The molecular formula is C11H16N4O2. The summed E-state index contributed by atoms with van der Waals surface area (Å²) in [7, 11) is 0. The molecule has 0 fully saturated rings. The van der Waals surface area contributed by atoms with E-state index in [9.17, 15) is 9.59 Å². The molecule has 1 aromatic rings. The minimum Gasteiger partial charge on any atom is -0.396 e. The Morgan fingerprint density at radius 2 is 2.00 bits per heavy atom. The van der Waals surface area contributed by atoms with Crippen molar-refractivity contribution in [3.8, 4) is 0 Å². The standard InChI is InChI=1S/C11H16N4O2/c1-6(5-9(12)16)15-8-4-2-3-7(10(8)13)11(14)17/h2-4,6,15H,5,13H2,1H3,(H2,12,16)(H2,14,17). The molecule has 0 heterocycles. The van der Waals surface area contributed by atoms with Gasteiger partial charge in [-0.15, -0.1) is 0 Å². The number of para-hydroxylation sites is 1. The predicted molar refractivity (Wildman–Crippen MR) is 66.3 cm³/mol. The highest BCUT2D eigenvalue weighted by Crippen LogP contribution is 2.23. The third-order valence-electron chi connectivity index (χ3n) is 2.28. The summed E-state index contributed by atoms with van der Waals surface area (Å²) in [5.74, 6) is -0.997. The number of amides is 2. The molecular weight excluding hydrogens is 220 g/mol. The third-order valence-corrected chi connectivity index (χ3v) is 2.28. The smallest absolute Gasteiger partial charge is 0.250 e. The maximum Gasteiger partial charge on any atom is 0.250 e. The SMILES string of the molecule is CC(CC(N)=O)Nc1cccc(C(N)=O)c1N. The van der Waals surface area contributed by atoms with Gasteiger partial charge in [-0.25, -0.2) is 0 Å². The summed E-state index contributed by atoms with van der Waals surface area (Å²) in [6, 6.07) is 4.74. The number of carbonyl (C=O) groups is 2. The Morgan fingerprint density at radius 1 is 1.35 bits per heavy atom. The third kappa shape index (κ3) is 3.37. The van der Waals surface area contributed by atoms with E-state index in [0.717, 1.165) is 0 Å². The minimum absolute atomic E-state index is 0.169. The van der Waals surface area contributed by atoms with Crippen molar-refractivity contribution in [3.63, 3.8) is 0 Å². The second-order valence-electron chi connectivity index (χ2n) is 3.85. The molecule has 0 spiro atoms. The number of benzene rings is 1. The molecule has 17 heavy (non-hydrogen) atoms. The fourth-order valence-corrected chi connectivity index (χ4v) is 1.52. The molecule has 7 N–H and O–H groups in total. The van der Waals surface area contributed by atoms with Gasteiger partial charge in [0.25, 0.3) is 5.91 Å². The summed E-state index contributed by atoms with van der Waals surface area (Å²) in [6.45, 7) is 1.79. The lowest BCUT2D eigenvalue weighted by atomic mass is 10.1.